The Bertz CT molecular complexity index is 2330. The van der Waals surface area contributed by atoms with Crippen LogP contribution in [0.3, 0.4) is 0 Å². The first-order chi connectivity index (χ1) is 20.3. The molecule has 1 aliphatic rings. The predicted octanol–water partition coefficient (Wildman–Crippen LogP) is 11.4. The number of hydrogen-bond acceptors (Lipinski definition) is 1. The zero-order valence-corrected chi connectivity index (χ0v) is 22.3. The summed E-state index contributed by atoms with van der Waals surface area (Å²) in [6.45, 7) is 0. The Kier molecular flexibility index (Phi) is 4.67. The molecule has 41 heavy (non-hydrogen) atoms. The summed E-state index contributed by atoms with van der Waals surface area (Å²) in [5.41, 5.74) is 7.34. The summed E-state index contributed by atoms with van der Waals surface area (Å²) in [5, 5.41) is 10.0. The van der Waals surface area contributed by atoms with E-state index in [-0.39, 0.29) is 0 Å². The molecule has 0 aliphatic carbocycles. The third-order valence-corrected chi connectivity index (χ3v) is 8.64. The van der Waals surface area contributed by atoms with Gasteiger partial charge in [-0.15, -0.1) is 0 Å². The maximum Gasteiger partial charge on any atom is 0.135 e. The molecule has 1 aliphatic heterocycles. The standard InChI is InChI=1S/C40H24O/c1-2-9-26(10-3-1)39-30-12-5-4-11-27(30)24-36-34(39)20-19-25-17-18-28(23-35(25)36)29-21-22-38-40-32(29)14-8-15-33(40)31-13-6-7-16-37(31)41-38/h1-24H. The Morgan fingerprint density at radius 2 is 1.12 bits per heavy atom. The Morgan fingerprint density at radius 1 is 0.341 bits per heavy atom. The van der Waals surface area contributed by atoms with Crippen LogP contribution in [0, 0.1) is 0 Å². The topological polar surface area (TPSA) is 9.23 Å². The molecule has 8 aromatic rings. The highest BCUT2D eigenvalue weighted by atomic mass is 16.5. The maximum absolute atomic E-state index is 6.36. The normalized spacial score (nSPS) is 12.1. The van der Waals surface area contributed by atoms with Gasteiger partial charge < -0.3 is 4.74 Å². The average molecular weight is 521 g/mol. The molecular weight excluding hydrogens is 496 g/mol. The number of benzene rings is 8. The van der Waals surface area contributed by atoms with Gasteiger partial charge in [0.2, 0.25) is 0 Å². The van der Waals surface area contributed by atoms with Crippen LogP contribution in [0.2, 0.25) is 0 Å². The first-order valence-electron chi connectivity index (χ1n) is 14.1. The van der Waals surface area contributed by atoms with Gasteiger partial charge in [0.25, 0.3) is 0 Å². The molecule has 0 saturated carbocycles. The van der Waals surface area contributed by atoms with Crippen molar-refractivity contribution in [3.8, 4) is 44.9 Å². The second-order valence-electron chi connectivity index (χ2n) is 10.9. The zero-order valence-electron chi connectivity index (χ0n) is 22.3. The summed E-state index contributed by atoms with van der Waals surface area (Å²) >= 11 is 0. The molecule has 1 heteroatoms. The number of rotatable bonds is 2. The summed E-state index contributed by atoms with van der Waals surface area (Å²) in [5.74, 6) is 1.84. The molecule has 0 atom stereocenters. The first-order valence-corrected chi connectivity index (χ1v) is 14.1. The molecule has 0 amide bonds. The van der Waals surface area contributed by atoms with Crippen LogP contribution in [0.25, 0.3) is 76.5 Å². The van der Waals surface area contributed by atoms with E-state index in [0.717, 1.165) is 17.1 Å². The van der Waals surface area contributed by atoms with Gasteiger partial charge >= 0.3 is 0 Å². The van der Waals surface area contributed by atoms with Crippen LogP contribution in [-0.2, 0) is 0 Å². The fraction of sp³-hybridized carbons (Fsp3) is 0. The fourth-order valence-electron chi connectivity index (χ4n) is 6.78. The molecule has 0 fully saturated rings. The molecule has 1 nitrogen and oxygen atoms in total. The van der Waals surface area contributed by atoms with Crippen molar-refractivity contribution in [3.63, 3.8) is 0 Å². The van der Waals surface area contributed by atoms with Crippen LogP contribution in [0.4, 0.5) is 0 Å². The zero-order chi connectivity index (χ0) is 26.9. The van der Waals surface area contributed by atoms with Crippen LogP contribution < -0.4 is 4.74 Å². The van der Waals surface area contributed by atoms with Gasteiger partial charge in [0.05, 0.1) is 0 Å². The van der Waals surface area contributed by atoms with Gasteiger partial charge in [0, 0.05) is 10.9 Å². The molecule has 0 N–H and O–H groups in total. The second kappa shape index (κ2) is 8.55. The lowest BCUT2D eigenvalue weighted by Gasteiger charge is -2.22. The molecular formula is C40H24O. The van der Waals surface area contributed by atoms with E-state index in [1.807, 2.05) is 12.1 Å². The van der Waals surface area contributed by atoms with E-state index in [9.17, 15) is 0 Å². The van der Waals surface area contributed by atoms with E-state index in [2.05, 4.69) is 133 Å². The second-order valence-corrected chi connectivity index (χ2v) is 10.9. The molecule has 0 spiro atoms. The molecule has 0 unspecified atom stereocenters. The van der Waals surface area contributed by atoms with Crippen LogP contribution >= 0.6 is 0 Å². The highest BCUT2D eigenvalue weighted by molar-refractivity contribution is 6.21. The van der Waals surface area contributed by atoms with Crippen molar-refractivity contribution in [2.24, 2.45) is 0 Å². The van der Waals surface area contributed by atoms with Gasteiger partial charge in [-0.3, -0.25) is 0 Å². The minimum atomic E-state index is 0.916. The third kappa shape index (κ3) is 3.30. The minimum Gasteiger partial charge on any atom is -0.456 e. The van der Waals surface area contributed by atoms with Crippen LogP contribution in [-0.4, -0.2) is 0 Å². The van der Waals surface area contributed by atoms with Crippen molar-refractivity contribution in [2.75, 3.05) is 0 Å². The molecule has 0 aromatic heterocycles. The summed E-state index contributed by atoms with van der Waals surface area (Å²) in [7, 11) is 0. The molecule has 0 saturated heterocycles. The monoisotopic (exact) mass is 520 g/mol. The Labute approximate surface area is 237 Å². The number of para-hydroxylation sites is 1. The molecule has 0 bridgehead atoms. The first kappa shape index (κ1) is 22.4. The summed E-state index contributed by atoms with van der Waals surface area (Å²) in [6, 6.07) is 52.6. The maximum atomic E-state index is 6.36. The lowest BCUT2D eigenvalue weighted by atomic mass is 9.88. The molecule has 190 valence electrons. The van der Waals surface area contributed by atoms with Gasteiger partial charge in [-0.05, 0) is 89.8 Å². The van der Waals surface area contributed by atoms with Gasteiger partial charge in [-0.1, -0.05) is 121 Å². The summed E-state index contributed by atoms with van der Waals surface area (Å²) in [6.07, 6.45) is 0. The van der Waals surface area contributed by atoms with Crippen molar-refractivity contribution in [1.29, 1.82) is 0 Å². The molecule has 0 radical (unpaired) electrons. The number of hydrogen-bond donors (Lipinski definition) is 0. The third-order valence-electron chi connectivity index (χ3n) is 8.64. The van der Waals surface area contributed by atoms with E-state index in [0.29, 0.717) is 0 Å². The predicted molar refractivity (Wildman–Crippen MR) is 173 cm³/mol. The van der Waals surface area contributed by atoms with E-state index in [1.54, 1.807) is 0 Å². The van der Waals surface area contributed by atoms with Crippen molar-refractivity contribution < 1.29 is 4.74 Å². The van der Waals surface area contributed by atoms with Gasteiger partial charge in [-0.25, -0.2) is 0 Å². The Hall–Kier alpha value is -5.40. The lowest BCUT2D eigenvalue weighted by Crippen LogP contribution is -1.97. The Balaban J connectivity index is 1.33. The van der Waals surface area contributed by atoms with E-state index >= 15 is 0 Å². The van der Waals surface area contributed by atoms with Gasteiger partial charge in [0.1, 0.15) is 11.5 Å². The van der Waals surface area contributed by atoms with Crippen molar-refractivity contribution >= 4 is 43.1 Å². The smallest absolute Gasteiger partial charge is 0.135 e. The quantitative estimate of drug-likeness (QED) is 0.163. The van der Waals surface area contributed by atoms with Gasteiger partial charge in [0.15, 0.2) is 0 Å². The SMILES string of the molecule is c1ccc(-c2c3ccccc3cc3c2ccc2ccc(-c4ccc5c6c(cccc46)-c4ccccc4O5)cc23)cc1. The fourth-order valence-corrected chi connectivity index (χ4v) is 6.78. The van der Waals surface area contributed by atoms with Crippen molar-refractivity contribution in [2.45, 2.75) is 0 Å². The summed E-state index contributed by atoms with van der Waals surface area (Å²) < 4.78 is 6.36. The highest BCUT2D eigenvalue weighted by Crippen LogP contribution is 2.49. The van der Waals surface area contributed by atoms with Crippen molar-refractivity contribution in [3.05, 3.63) is 146 Å². The van der Waals surface area contributed by atoms with Crippen LogP contribution in [0.15, 0.2) is 146 Å². The average Bonchev–Trinajstić information content (AvgIpc) is 3.04. The van der Waals surface area contributed by atoms with Crippen molar-refractivity contribution in [1.82, 2.24) is 0 Å². The summed E-state index contributed by atoms with van der Waals surface area (Å²) in [4.78, 5) is 0. The Morgan fingerprint density at radius 3 is 2.07 bits per heavy atom. The minimum absolute atomic E-state index is 0.916. The van der Waals surface area contributed by atoms with E-state index in [4.69, 9.17) is 4.74 Å². The van der Waals surface area contributed by atoms with Crippen LogP contribution in [0.1, 0.15) is 0 Å². The molecule has 1 heterocycles. The highest BCUT2D eigenvalue weighted by Gasteiger charge is 2.21. The van der Waals surface area contributed by atoms with Crippen LogP contribution in [0.5, 0.6) is 11.5 Å². The van der Waals surface area contributed by atoms with E-state index in [1.165, 1.54) is 70.9 Å². The largest absolute Gasteiger partial charge is 0.456 e. The number of ether oxygens (including phenoxy) is 1. The lowest BCUT2D eigenvalue weighted by molar-refractivity contribution is 0.487. The van der Waals surface area contributed by atoms with Gasteiger partial charge in [-0.2, -0.15) is 0 Å². The molecule has 9 rings (SSSR count). The molecule has 8 aromatic carbocycles. The number of fused-ring (bicyclic) bond motifs is 6. The van der Waals surface area contributed by atoms with E-state index < -0.39 is 0 Å².